The van der Waals surface area contributed by atoms with Crippen LogP contribution in [0, 0.1) is 6.92 Å². The van der Waals surface area contributed by atoms with Gasteiger partial charge in [-0.1, -0.05) is 11.6 Å². The molecule has 3 aromatic rings. The molecule has 0 amide bonds. The summed E-state index contributed by atoms with van der Waals surface area (Å²) >= 11 is 7.48. The number of aromatic nitrogens is 3. The van der Waals surface area contributed by atoms with Gasteiger partial charge < -0.3 is 10.8 Å². The van der Waals surface area contributed by atoms with E-state index < -0.39 is 0 Å². The minimum Gasteiger partial charge on any atom is -0.506 e. The summed E-state index contributed by atoms with van der Waals surface area (Å²) in [6.45, 7) is 1.92. The van der Waals surface area contributed by atoms with Gasteiger partial charge in [0.2, 0.25) is 0 Å². The van der Waals surface area contributed by atoms with Crippen molar-refractivity contribution in [3.8, 4) is 27.6 Å². The molecule has 0 bridgehead atoms. The van der Waals surface area contributed by atoms with Crippen LogP contribution in [-0.4, -0.2) is 20.1 Å². The molecule has 0 aliphatic heterocycles. The average molecular weight is 319 g/mol. The molecule has 0 unspecified atom stereocenters. The molecule has 1 aromatic carbocycles. The molecule has 2 aromatic heterocycles. The number of nitrogens with two attached hydrogens (primary N) is 1. The topological polar surface area (TPSA) is 84.9 Å². The van der Waals surface area contributed by atoms with Crippen LogP contribution >= 0.6 is 22.9 Å². The lowest BCUT2D eigenvalue weighted by Crippen LogP contribution is -1.97. The van der Waals surface area contributed by atoms with Crippen LogP contribution < -0.4 is 5.73 Å². The molecule has 3 N–H and O–H groups in total. The van der Waals surface area contributed by atoms with E-state index in [0.717, 1.165) is 15.4 Å². The largest absolute Gasteiger partial charge is 0.506 e. The summed E-state index contributed by atoms with van der Waals surface area (Å²) in [5.41, 5.74) is 7.81. The number of aryl methyl sites for hydroxylation is 1. The molecular formula is C14H11ClN4OS. The zero-order valence-corrected chi connectivity index (χ0v) is 12.6. The Hall–Kier alpha value is -2.18. The predicted molar refractivity (Wildman–Crippen MR) is 84.4 cm³/mol. The Morgan fingerprint density at radius 3 is 2.67 bits per heavy atom. The van der Waals surface area contributed by atoms with Crippen molar-refractivity contribution in [3.63, 3.8) is 0 Å². The van der Waals surface area contributed by atoms with E-state index in [1.54, 1.807) is 18.3 Å². The summed E-state index contributed by atoms with van der Waals surface area (Å²) in [5, 5.41) is 10.7. The number of thiazole rings is 1. The van der Waals surface area contributed by atoms with Crippen LogP contribution in [0.2, 0.25) is 5.02 Å². The first-order chi connectivity index (χ1) is 10.0. The Morgan fingerprint density at radius 1 is 1.19 bits per heavy atom. The minimum atomic E-state index is 0.0269. The Labute approximate surface area is 130 Å². The second kappa shape index (κ2) is 5.31. The fourth-order valence-corrected chi connectivity index (χ4v) is 2.86. The van der Waals surface area contributed by atoms with Crippen LogP contribution in [0.25, 0.3) is 21.8 Å². The number of anilines is 1. The van der Waals surface area contributed by atoms with Gasteiger partial charge in [-0.15, -0.1) is 11.3 Å². The molecule has 0 atom stereocenters. The van der Waals surface area contributed by atoms with Crippen molar-refractivity contribution in [2.45, 2.75) is 6.92 Å². The molecular weight excluding hydrogens is 308 g/mol. The molecule has 106 valence electrons. The molecule has 0 saturated carbocycles. The van der Waals surface area contributed by atoms with Crippen molar-refractivity contribution in [2.75, 3.05) is 5.73 Å². The van der Waals surface area contributed by atoms with Crippen molar-refractivity contribution in [1.82, 2.24) is 15.0 Å². The average Bonchev–Trinajstić information content (AvgIpc) is 2.88. The number of nitrogen functional groups attached to an aromatic ring is 1. The highest BCUT2D eigenvalue weighted by molar-refractivity contribution is 7.15. The van der Waals surface area contributed by atoms with Crippen molar-refractivity contribution < 1.29 is 5.11 Å². The molecule has 2 heterocycles. The molecule has 0 aliphatic carbocycles. The van der Waals surface area contributed by atoms with Crippen molar-refractivity contribution >= 4 is 28.8 Å². The van der Waals surface area contributed by atoms with Gasteiger partial charge >= 0.3 is 0 Å². The van der Waals surface area contributed by atoms with Gasteiger partial charge in [0.25, 0.3) is 0 Å². The van der Waals surface area contributed by atoms with E-state index in [2.05, 4.69) is 15.0 Å². The molecule has 0 aliphatic rings. The number of hydrogen-bond acceptors (Lipinski definition) is 6. The second-order valence-electron chi connectivity index (χ2n) is 4.40. The highest BCUT2D eigenvalue weighted by Crippen LogP contribution is 2.35. The Balaban J connectivity index is 2.20. The van der Waals surface area contributed by atoms with Crippen molar-refractivity contribution in [1.29, 1.82) is 0 Å². The monoisotopic (exact) mass is 318 g/mol. The lowest BCUT2D eigenvalue weighted by Gasteiger charge is -2.08. The highest BCUT2D eigenvalue weighted by Gasteiger charge is 2.15. The molecule has 0 radical (unpaired) electrons. The van der Waals surface area contributed by atoms with Gasteiger partial charge in [0.1, 0.15) is 17.3 Å². The smallest absolute Gasteiger partial charge is 0.142 e. The third kappa shape index (κ3) is 2.68. The zero-order chi connectivity index (χ0) is 15.0. The maximum atomic E-state index is 9.53. The van der Waals surface area contributed by atoms with Gasteiger partial charge in [0.05, 0.1) is 26.8 Å². The number of nitrogens with zero attached hydrogens (tertiary/aromatic N) is 3. The van der Waals surface area contributed by atoms with Gasteiger partial charge in [-0.05, 0) is 25.1 Å². The van der Waals surface area contributed by atoms with Crippen LogP contribution in [0.1, 0.15) is 5.01 Å². The zero-order valence-electron chi connectivity index (χ0n) is 11.0. The number of halogens is 1. The fraction of sp³-hybridized carbons (Fsp3) is 0.0714. The number of phenolic OH excluding ortho intramolecular Hbond substituents is 1. The summed E-state index contributed by atoms with van der Waals surface area (Å²) in [6.07, 6.45) is 3.24. The van der Waals surface area contributed by atoms with E-state index in [9.17, 15) is 5.11 Å². The maximum absolute atomic E-state index is 9.53. The standard InChI is InChI=1S/C14H11ClN4OS/c1-7-17-5-11(21-7)14-13(18-6-12(16)19-14)8-2-3-10(20)9(15)4-8/h2-6,20H,1H3,(H2,16,19). The lowest BCUT2D eigenvalue weighted by atomic mass is 10.1. The number of phenols is 1. The number of hydrogen-bond donors (Lipinski definition) is 2. The molecule has 7 heteroatoms. The van der Waals surface area contributed by atoms with E-state index >= 15 is 0 Å². The summed E-state index contributed by atoms with van der Waals surface area (Å²) in [4.78, 5) is 13.8. The molecule has 5 nitrogen and oxygen atoms in total. The first-order valence-electron chi connectivity index (χ1n) is 6.09. The SMILES string of the molecule is Cc1ncc(-c2nc(N)cnc2-c2ccc(O)c(Cl)c2)s1. The van der Waals surface area contributed by atoms with Crippen LogP contribution in [0.5, 0.6) is 5.75 Å². The van der Waals surface area contributed by atoms with Crippen LogP contribution in [0.3, 0.4) is 0 Å². The Morgan fingerprint density at radius 2 is 2.00 bits per heavy atom. The second-order valence-corrected chi connectivity index (χ2v) is 6.04. The van der Waals surface area contributed by atoms with Crippen LogP contribution in [0.15, 0.2) is 30.6 Å². The van der Waals surface area contributed by atoms with Crippen molar-refractivity contribution in [2.24, 2.45) is 0 Å². The number of aromatic hydroxyl groups is 1. The summed E-state index contributed by atoms with van der Waals surface area (Å²) in [5.74, 6) is 0.365. The summed E-state index contributed by atoms with van der Waals surface area (Å²) in [7, 11) is 0. The maximum Gasteiger partial charge on any atom is 0.142 e. The van der Waals surface area contributed by atoms with Gasteiger partial charge in [-0.3, -0.25) is 4.98 Å². The van der Waals surface area contributed by atoms with Gasteiger partial charge in [0, 0.05) is 11.8 Å². The van der Waals surface area contributed by atoms with Gasteiger partial charge in [0.15, 0.2) is 0 Å². The molecule has 0 fully saturated rings. The van der Waals surface area contributed by atoms with Crippen LogP contribution in [0.4, 0.5) is 5.82 Å². The predicted octanol–water partition coefficient (Wildman–Crippen LogP) is 3.52. The molecule has 3 rings (SSSR count). The van der Waals surface area contributed by atoms with E-state index in [4.69, 9.17) is 17.3 Å². The van der Waals surface area contributed by atoms with E-state index in [-0.39, 0.29) is 10.8 Å². The quantitative estimate of drug-likeness (QED) is 0.755. The van der Waals surface area contributed by atoms with E-state index in [1.807, 2.05) is 6.92 Å². The minimum absolute atomic E-state index is 0.0269. The number of benzene rings is 1. The molecule has 0 saturated heterocycles. The third-order valence-electron chi connectivity index (χ3n) is 2.87. The van der Waals surface area contributed by atoms with E-state index in [0.29, 0.717) is 17.2 Å². The van der Waals surface area contributed by atoms with Gasteiger partial charge in [-0.2, -0.15) is 0 Å². The lowest BCUT2D eigenvalue weighted by molar-refractivity contribution is 0.475. The fourth-order valence-electron chi connectivity index (χ4n) is 1.91. The Bertz CT molecular complexity index is 818. The van der Waals surface area contributed by atoms with E-state index in [1.165, 1.54) is 23.6 Å². The first kappa shape index (κ1) is 13.8. The Kier molecular flexibility index (Phi) is 3.48. The summed E-state index contributed by atoms with van der Waals surface area (Å²) < 4.78 is 0. The normalized spacial score (nSPS) is 10.8. The first-order valence-corrected chi connectivity index (χ1v) is 7.28. The molecule has 0 spiro atoms. The summed E-state index contributed by atoms with van der Waals surface area (Å²) in [6, 6.07) is 4.91. The molecule has 21 heavy (non-hydrogen) atoms. The third-order valence-corrected chi connectivity index (χ3v) is 4.09. The number of rotatable bonds is 2. The van der Waals surface area contributed by atoms with Crippen molar-refractivity contribution in [3.05, 3.63) is 40.6 Å². The van der Waals surface area contributed by atoms with Gasteiger partial charge in [-0.25, -0.2) is 9.97 Å². The highest BCUT2D eigenvalue weighted by atomic mass is 35.5. The van der Waals surface area contributed by atoms with Crippen LogP contribution in [-0.2, 0) is 0 Å².